The van der Waals surface area contributed by atoms with Gasteiger partial charge in [0.05, 0.1) is 12.8 Å². The van der Waals surface area contributed by atoms with Gasteiger partial charge in [-0.2, -0.15) is 0 Å². The SMILES string of the molecule is COc1cc2c(cc1CNc1cncc(C)c1)OC(C)C2. The fraction of sp³-hybridized carbons (Fsp3) is 0.353. The minimum absolute atomic E-state index is 0.244. The average molecular weight is 284 g/mol. The highest BCUT2D eigenvalue weighted by Crippen LogP contribution is 2.35. The van der Waals surface area contributed by atoms with Crippen molar-refractivity contribution < 1.29 is 9.47 Å². The first-order chi connectivity index (χ1) is 10.2. The number of pyridine rings is 1. The Balaban J connectivity index is 1.80. The van der Waals surface area contributed by atoms with Crippen molar-refractivity contribution in [1.29, 1.82) is 0 Å². The molecular formula is C17H20N2O2. The standard InChI is InChI=1S/C17H20N2O2/c1-11-4-15(10-18-8-11)19-9-14-7-17-13(5-12(2)21-17)6-16(14)20-3/h4,6-8,10,12,19H,5,9H2,1-3H3. The molecule has 0 aliphatic carbocycles. The Morgan fingerprint density at radius 2 is 2.19 bits per heavy atom. The first-order valence-electron chi connectivity index (χ1n) is 7.17. The average Bonchev–Trinajstić information content (AvgIpc) is 2.83. The molecule has 0 saturated heterocycles. The molecule has 4 heteroatoms. The number of aryl methyl sites for hydroxylation is 1. The Bertz CT molecular complexity index is 655. The van der Waals surface area contributed by atoms with Gasteiger partial charge < -0.3 is 14.8 Å². The minimum Gasteiger partial charge on any atom is -0.496 e. The van der Waals surface area contributed by atoms with Crippen molar-refractivity contribution in [3.8, 4) is 11.5 Å². The van der Waals surface area contributed by atoms with Crippen molar-refractivity contribution in [3.63, 3.8) is 0 Å². The second-order valence-corrected chi connectivity index (χ2v) is 5.51. The molecule has 0 radical (unpaired) electrons. The molecule has 1 unspecified atom stereocenters. The van der Waals surface area contributed by atoms with Crippen LogP contribution >= 0.6 is 0 Å². The fourth-order valence-corrected chi connectivity index (χ4v) is 2.66. The quantitative estimate of drug-likeness (QED) is 0.935. The molecule has 0 fully saturated rings. The van der Waals surface area contributed by atoms with Crippen molar-refractivity contribution in [3.05, 3.63) is 47.3 Å². The molecule has 1 aliphatic heterocycles. The minimum atomic E-state index is 0.244. The molecule has 1 aliphatic rings. The summed E-state index contributed by atoms with van der Waals surface area (Å²) >= 11 is 0. The van der Waals surface area contributed by atoms with Gasteiger partial charge in [-0.05, 0) is 37.6 Å². The maximum absolute atomic E-state index is 5.82. The topological polar surface area (TPSA) is 43.4 Å². The molecule has 1 atom stereocenters. The maximum Gasteiger partial charge on any atom is 0.124 e. The van der Waals surface area contributed by atoms with Crippen LogP contribution in [0, 0.1) is 6.92 Å². The van der Waals surface area contributed by atoms with Crippen molar-refractivity contribution in [1.82, 2.24) is 4.98 Å². The van der Waals surface area contributed by atoms with Gasteiger partial charge in [-0.3, -0.25) is 4.98 Å². The van der Waals surface area contributed by atoms with Gasteiger partial charge in [0.15, 0.2) is 0 Å². The van der Waals surface area contributed by atoms with Crippen LogP contribution in [0.1, 0.15) is 23.6 Å². The Morgan fingerprint density at radius 3 is 2.95 bits per heavy atom. The van der Waals surface area contributed by atoms with Crippen LogP contribution < -0.4 is 14.8 Å². The molecule has 1 N–H and O–H groups in total. The molecule has 0 bridgehead atoms. The number of methoxy groups -OCH3 is 1. The molecule has 3 rings (SSSR count). The van der Waals surface area contributed by atoms with Crippen molar-refractivity contribution in [2.45, 2.75) is 32.9 Å². The van der Waals surface area contributed by atoms with E-state index < -0.39 is 0 Å². The van der Waals surface area contributed by atoms with E-state index in [9.17, 15) is 0 Å². The molecule has 2 heterocycles. The molecule has 0 saturated carbocycles. The summed E-state index contributed by atoms with van der Waals surface area (Å²) < 4.78 is 11.3. The van der Waals surface area contributed by atoms with Gasteiger partial charge >= 0.3 is 0 Å². The van der Waals surface area contributed by atoms with Crippen LogP contribution in [0.5, 0.6) is 11.5 Å². The van der Waals surface area contributed by atoms with E-state index in [2.05, 4.69) is 35.4 Å². The molecule has 1 aromatic carbocycles. The van der Waals surface area contributed by atoms with E-state index in [1.807, 2.05) is 19.3 Å². The summed E-state index contributed by atoms with van der Waals surface area (Å²) in [4.78, 5) is 4.19. The molecule has 0 amide bonds. The third kappa shape index (κ3) is 2.94. The fourth-order valence-electron chi connectivity index (χ4n) is 2.66. The lowest BCUT2D eigenvalue weighted by molar-refractivity contribution is 0.254. The zero-order valence-electron chi connectivity index (χ0n) is 12.6. The normalized spacial score (nSPS) is 16.2. The largest absolute Gasteiger partial charge is 0.496 e. The van der Waals surface area contributed by atoms with Gasteiger partial charge in [0, 0.05) is 36.5 Å². The first kappa shape index (κ1) is 13.7. The number of hydrogen-bond donors (Lipinski definition) is 1. The Morgan fingerprint density at radius 1 is 1.33 bits per heavy atom. The highest BCUT2D eigenvalue weighted by atomic mass is 16.5. The second-order valence-electron chi connectivity index (χ2n) is 5.51. The summed E-state index contributed by atoms with van der Waals surface area (Å²) in [5.74, 6) is 1.88. The van der Waals surface area contributed by atoms with Gasteiger partial charge in [0.2, 0.25) is 0 Å². The first-order valence-corrected chi connectivity index (χ1v) is 7.17. The molecule has 110 valence electrons. The summed E-state index contributed by atoms with van der Waals surface area (Å²) in [7, 11) is 1.71. The van der Waals surface area contributed by atoms with Crippen LogP contribution in [0.15, 0.2) is 30.6 Å². The van der Waals surface area contributed by atoms with Crippen LogP contribution in [0.3, 0.4) is 0 Å². The van der Waals surface area contributed by atoms with E-state index >= 15 is 0 Å². The van der Waals surface area contributed by atoms with Gasteiger partial charge in [0.25, 0.3) is 0 Å². The number of nitrogens with zero attached hydrogens (tertiary/aromatic N) is 1. The van der Waals surface area contributed by atoms with E-state index in [1.54, 1.807) is 7.11 Å². The van der Waals surface area contributed by atoms with Crippen molar-refractivity contribution >= 4 is 5.69 Å². The molecule has 0 spiro atoms. The van der Waals surface area contributed by atoms with Crippen LogP contribution in [0.25, 0.3) is 0 Å². The molecule has 2 aromatic rings. The van der Waals surface area contributed by atoms with Crippen LogP contribution in [0.4, 0.5) is 5.69 Å². The highest BCUT2D eigenvalue weighted by Gasteiger charge is 2.21. The smallest absolute Gasteiger partial charge is 0.124 e. The van der Waals surface area contributed by atoms with E-state index in [-0.39, 0.29) is 6.10 Å². The maximum atomic E-state index is 5.82. The summed E-state index contributed by atoms with van der Waals surface area (Å²) in [6.45, 7) is 4.80. The van der Waals surface area contributed by atoms with Gasteiger partial charge in [0.1, 0.15) is 17.6 Å². The number of anilines is 1. The number of fused-ring (bicyclic) bond motifs is 1. The van der Waals surface area contributed by atoms with Crippen molar-refractivity contribution in [2.75, 3.05) is 12.4 Å². The third-order valence-corrected chi connectivity index (χ3v) is 3.66. The summed E-state index contributed by atoms with van der Waals surface area (Å²) in [6.07, 6.45) is 4.86. The van der Waals surface area contributed by atoms with E-state index in [0.717, 1.165) is 34.7 Å². The van der Waals surface area contributed by atoms with Crippen LogP contribution in [-0.4, -0.2) is 18.2 Å². The van der Waals surface area contributed by atoms with Gasteiger partial charge in [-0.25, -0.2) is 0 Å². The van der Waals surface area contributed by atoms with Crippen LogP contribution in [0.2, 0.25) is 0 Å². The Labute approximate surface area is 125 Å². The molecule has 1 aromatic heterocycles. The second kappa shape index (κ2) is 5.64. The predicted octanol–water partition coefficient (Wildman–Crippen LogP) is 3.33. The summed E-state index contributed by atoms with van der Waals surface area (Å²) in [5.41, 5.74) is 4.46. The number of nitrogens with one attached hydrogen (secondary N) is 1. The van der Waals surface area contributed by atoms with E-state index in [1.165, 1.54) is 5.56 Å². The zero-order chi connectivity index (χ0) is 14.8. The summed E-state index contributed by atoms with van der Waals surface area (Å²) in [6, 6.07) is 6.24. The van der Waals surface area contributed by atoms with Gasteiger partial charge in [-0.1, -0.05) is 0 Å². The lowest BCUT2D eigenvalue weighted by Gasteiger charge is -2.13. The Kier molecular flexibility index (Phi) is 3.69. The number of aromatic nitrogens is 1. The summed E-state index contributed by atoms with van der Waals surface area (Å²) in [5, 5.41) is 3.38. The monoisotopic (exact) mass is 284 g/mol. The zero-order valence-corrected chi connectivity index (χ0v) is 12.6. The lowest BCUT2D eigenvalue weighted by atomic mass is 10.1. The van der Waals surface area contributed by atoms with E-state index in [0.29, 0.717) is 6.54 Å². The molecular weight excluding hydrogens is 264 g/mol. The predicted molar refractivity (Wildman–Crippen MR) is 83.1 cm³/mol. The molecule has 21 heavy (non-hydrogen) atoms. The van der Waals surface area contributed by atoms with E-state index in [4.69, 9.17) is 9.47 Å². The third-order valence-electron chi connectivity index (χ3n) is 3.66. The number of hydrogen-bond acceptors (Lipinski definition) is 4. The van der Waals surface area contributed by atoms with Gasteiger partial charge in [-0.15, -0.1) is 0 Å². The Hall–Kier alpha value is -2.23. The number of ether oxygens (including phenoxy) is 2. The number of rotatable bonds is 4. The molecule has 4 nitrogen and oxygen atoms in total. The highest BCUT2D eigenvalue weighted by molar-refractivity contribution is 5.51. The van der Waals surface area contributed by atoms with Crippen LogP contribution in [-0.2, 0) is 13.0 Å². The lowest BCUT2D eigenvalue weighted by Crippen LogP contribution is -2.05. The van der Waals surface area contributed by atoms with Crippen molar-refractivity contribution in [2.24, 2.45) is 0 Å². The number of benzene rings is 1.